The van der Waals surface area contributed by atoms with Gasteiger partial charge in [0.05, 0.1) is 18.1 Å². The van der Waals surface area contributed by atoms with Gasteiger partial charge >= 0.3 is 5.97 Å². The van der Waals surface area contributed by atoms with Gasteiger partial charge in [0.25, 0.3) is 0 Å². The molecule has 0 bridgehead atoms. The molecule has 0 unspecified atom stereocenters. The SMILES string of the molecule is COC(=O)c1ccc(C=C[N+](=O)[O-])o1. The number of furan rings is 1. The highest BCUT2D eigenvalue weighted by molar-refractivity contribution is 5.86. The van der Waals surface area contributed by atoms with Gasteiger partial charge in [-0.25, -0.2) is 4.79 Å². The summed E-state index contributed by atoms with van der Waals surface area (Å²) in [6.45, 7) is 0. The van der Waals surface area contributed by atoms with Gasteiger partial charge in [0.15, 0.2) is 0 Å². The number of esters is 1. The second-order valence-electron chi connectivity index (χ2n) is 2.29. The molecule has 0 spiro atoms. The fourth-order valence-electron chi connectivity index (χ4n) is 0.787. The molecule has 1 aromatic rings. The van der Waals surface area contributed by atoms with Crippen LogP contribution in [0.25, 0.3) is 6.08 Å². The van der Waals surface area contributed by atoms with Crippen molar-refractivity contribution >= 4 is 12.0 Å². The van der Waals surface area contributed by atoms with Crippen molar-refractivity contribution in [2.45, 2.75) is 0 Å². The van der Waals surface area contributed by atoms with Gasteiger partial charge in [0.2, 0.25) is 12.0 Å². The van der Waals surface area contributed by atoms with E-state index in [2.05, 4.69) is 4.74 Å². The first-order chi connectivity index (χ1) is 6.63. The molecule has 0 aliphatic carbocycles. The third-order valence-electron chi connectivity index (χ3n) is 1.37. The Bertz CT molecular complexity index is 379. The molecule has 0 saturated carbocycles. The summed E-state index contributed by atoms with van der Waals surface area (Å²) in [7, 11) is 1.22. The summed E-state index contributed by atoms with van der Waals surface area (Å²) >= 11 is 0. The van der Waals surface area contributed by atoms with Crippen molar-refractivity contribution in [3.63, 3.8) is 0 Å². The average molecular weight is 197 g/mol. The van der Waals surface area contributed by atoms with Crippen molar-refractivity contribution in [1.82, 2.24) is 0 Å². The summed E-state index contributed by atoms with van der Waals surface area (Å²) in [6, 6.07) is 2.82. The largest absolute Gasteiger partial charge is 0.463 e. The molecule has 0 aliphatic heterocycles. The van der Waals surface area contributed by atoms with E-state index < -0.39 is 10.9 Å². The maximum atomic E-state index is 10.9. The fraction of sp³-hybridized carbons (Fsp3) is 0.125. The highest BCUT2D eigenvalue weighted by Crippen LogP contribution is 2.10. The smallest absolute Gasteiger partial charge is 0.373 e. The van der Waals surface area contributed by atoms with Gasteiger partial charge < -0.3 is 9.15 Å². The molecule has 0 radical (unpaired) electrons. The molecule has 0 amide bonds. The zero-order valence-corrected chi connectivity index (χ0v) is 7.30. The Morgan fingerprint density at radius 3 is 2.93 bits per heavy atom. The van der Waals surface area contributed by atoms with Crippen molar-refractivity contribution in [2.24, 2.45) is 0 Å². The van der Waals surface area contributed by atoms with E-state index in [0.717, 1.165) is 12.3 Å². The van der Waals surface area contributed by atoms with Crippen molar-refractivity contribution in [3.05, 3.63) is 40.0 Å². The molecule has 6 nitrogen and oxygen atoms in total. The number of nitrogens with zero attached hydrogens (tertiary/aromatic N) is 1. The van der Waals surface area contributed by atoms with Crippen LogP contribution in [0.5, 0.6) is 0 Å². The summed E-state index contributed by atoms with van der Waals surface area (Å²) in [4.78, 5) is 20.2. The van der Waals surface area contributed by atoms with E-state index in [-0.39, 0.29) is 11.5 Å². The number of carbonyl (C=O) groups excluding carboxylic acids is 1. The number of rotatable bonds is 3. The first-order valence-corrected chi connectivity index (χ1v) is 3.63. The zero-order valence-electron chi connectivity index (χ0n) is 7.30. The molecule has 14 heavy (non-hydrogen) atoms. The van der Waals surface area contributed by atoms with Crippen molar-refractivity contribution < 1.29 is 18.9 Å². The number of ether oxygens (including phenoxy) is 1. The lowest BCUT2D eigenvalue weighted by atomic mass is 10.4. The minimum Gasteiger partial charge on any atom is -0.463 e. The van der Waals surface area contributed by atoms with E-state index in [0.29, 0.717) is 0 Å². The van der Waals surface area contributed by atoms with Gasteiger partial charge in [0.1, 0.15) is 5.76 Å². The number of methoxy groups -OCH3 is 1. The molecule has 0 aliphatic rings. The highest BCUT2D eigenvalue weighted by atomic mass is 16.6. The van der Waals surface area contributed by atoms with Crippen molar-refractivity contribution in [2.75, 3.05) is 7.11 Å². The van der Waals surface area contributed by atoms with E-state index in [4.69, 9.17) is 4.42 Å². The van der Waals surface area contributed by atoms with E-state index in [1.165, 1.54) is 19.2 Å². The molecular weight excluding hydrogens is 190 g/mol. The molecule has 0 saturated heterocycles. The summed E-state index contributed by atoms with van der Waals surface area (Å²) in [6.07, 6.45) is 1.87. The van der Waals surface area contributed by atoms with Crippen molar-refractivity contribution in [1.29, 1.82) is 0 Å². The monoisotopic (exact) mass is 197 g/mol. The van der Waals surface area contributed by atoms with Crippen LogP contribution in [0, 0.1) is 10.1 Å². The zero-order chi connectivity index (χ0) is 10.6. The fourth-order valence-corrected chi connectivity index (χ4v) is 0.787. The average Bonchev–Trinajstić information content (AvgIpc) is 2.62. The Hall–Kier alpha value is -2.11. The predicted molar refractivity (Wildman–Crippen MR) is 46.1 cm³/mol. The molecule has 1 rings (SSSR count). The van der Waals surface area contributed by atoms with Gasteiger partial charge in [-0.1, -0.05) is 0 Å². The van der Waals surface area contributed by atoms with Gasteiger partial charge in [0, 0.05) is 0 Å². The molecule has 0 fully saturated rings. The van der Waals surface area contributed by atoms with Crippen LogP contribution in [-0.4, -0.2) is 18.0 Å². The standard InChI is InChI=1S/C8H7NO5/c1-13-8(10)7-3-2-6(14-7)4-5-9(11)12/h2-5H,1H3. The molecule has 1 aromatic heterocycles. The highest BCUT2D eigenvalue weighted by Gasteiger charge is 2.09. The van der Waals surface area contributed by atoms with Crippen LogP contribution in [0.3, 0.4) is 0 Å². The van der Waals surface area contributed by atoms with Gasteiger partial charge in [-0.05, 0) is 12.1 Å². The minimum atomic E-state index is -0.625. The van der Waals surface area contributed by atoms with Gasteiger partial charge in [-0.2, -0.15) is 0 Å². The van der Waals surface area contributed by atoms with Crippen LogP contribution in [0.15, 0.2) is 22.7 Å². The number of carbonyl (C=O) groups is 1. The van der Waals surface area contributed by atoms with Crippen LogP contribution in [0.4, 0.5) is 0 Å². The van der Waals surface area contributed by atoms with Crippen LogP contribution in [0.1, 0.15) is 16.3 Å². The van der Waals surface area contributed by atoms with Gasteiger partial charge in [-0.15, -0.1) is 0 Å². The van der Waals surface area contributed by atoms with Crippen LogP contribution in [-0.2, 0) is 4.74 Å². The lowest BCUT2D eigenvalue weighted by Gasteiger charge is -1.91. The second-order valence-corrected chi connectivity index (χ2v) is 2.29. The number of hydrogen-bond acceptors (Lipinski definition) is 5. The Labute approximate surface area is 78.9 Å². The topological polar surface area (TPSA) is 82.6 Å². The maximum absolute atomic E-state index is 10.9. The van der Waals surface area contributed by atoms with Gasteiger partial charge in [-0.3, -0.25) is 10.1 Å². The van der Waals surface area contributed by atoms with Crippen molar-refractivity contribution in [3.8, 4) is 0 Å². The molecular formula is C8H7NO5. The molecule has 74 valence electrons. The third kappa shape index (κ3) is 2.44. The third-order valence-corrected chi connectivity index (χ3v) is 1.37. The Morgan fingerprint density at radius 1 is 1.64 bits per heavy atom. The normalized spacial score (nSPS) is 10.4. The quantitative estimate of drug-likeness (QED) is 0.414. The van der Waals surface area contributed by atoms with E-state index in [9.17, 15) is 14.9 Å². The van der Waals surface area contributed by atoms with Crippen LogP contribution >= 0.6 is 0 Å². The second kappa shape index (κ2) is 4.22. The lowest BCUT2D eigenvalue weighted by Crippen LogP contribution is -1.98. The van der Waals surface area contributed by atoms with E-state index in [1.807, 2.05) is 0 Å². The molecule has 0 N–H and O–H groups in total. The first kappa shape index (κ1) is 9.97. The number of nitro groups is 1. The summed E-state index contributed by atoms with van der Waals surface area (Å²) in [5, 5.41) is 9.95. The van der Waals surface area contributed by atoms with E-state index in [1.54, 1.807) is 0 Å². The Morgan fingerprint density at radius 2 is 2.36 bits per heavy atom. The lowest BCUT2D eigenvalue weighted by molar-refractivity contribution is -0.401. The Kier molecular flexibility index (Phi) is 3.01. The molecule has 0 atom stereocenters. The predicted octanol–water partition coefficient (Wildman–Crippen LogP) is 1.31. The van der Waals surface area contributed by atoms with Crippen LogP contribution in [0.2, 0.25) is 0 Å². The first-order valence-electron chi connectivity index (χ1n) is 3.63. The summed E-state index contributed by atoms with van der Waals surface area (Å²) in [5.74, 6) is -0.386. The Balaban J connectivity index is 2.78. The minimum absolute atomic E-state index is 0.00972. The van der Waals surface area contributed by atoms with E-state index >= 15 is 0 Å². The maximum Gasteiger partial charge on any atom is 0.373 e. The molecule has 1 heterocycles. The number of hydrogen-bond donors (Lipinski definition) is 0. The van der Waals surface area contributed by atoms with Crippen LogP contribution < -0.4 is 0 Å². The summed E-state index contributed by atoms with van der Waals surface area (Å²) in [5.41, 5.74) is 0. The molecule has 0 aromatic carbocycles. The molecule has 6 heteroatoms. The summed E-state index contributed by atoms with van der Waals surface area (Å²) < 4.78 is 9.31.